The third-order valence-electron chi connectivity index (χ3n) is 3.83. The molecule has 1 atom stereocenters. The number of aliphatic hydroxyl groups is 1. The van der Waals surface area contributed by atoms with Crippen molar-refractivity contribution in [3.63, 3.8) is 0 Å². The molecule has 0 aliphatic rings. The van der Waals surface area contributed by atoms with Gasteiger partial charge in [0, 0.05) is 12.2 Å². The Morgan fingerprint density at radius 1 is 1.16 bits per heavy atom. The minimum Gasteiger partial charge on any atom is -0.508 e. The summed E-state index contributed by atoms with van der Waals surface area (Å²) in [6.07, 6.45) is 3.91. The minimum atomic E-state index is -0.165. The predicted octanol–water partition coefficient (Wildman–Crippen LogP) is 3.56. The number of phenolic OH excluding ortho intramolecular Hbond substituents is 2. The van der Waals surface area contributed by atoms with Crippen molar-refractivity contribution in [2.24, 2.45) is 5.92 Å². The summed E-state index contributed by atoms with van der Waals surface area (Å²) in [5.41, 5.74) is 0.629. The van der Waals surface area contributed by atoms with Crippen LogP contribution in [0.1, 0.15) is 52.0 Å². The SMILES string of the molecule is CC(CCO)CCCC(C)(C)c1cc(O)ccc1O. The molecule has 1 unspecified atom stereocenters. The first kappa shape index (κ1) is 15.8. The zero-order chi connectivity index (χ0) is 14.5. The van der Waals surface area contributed by atoms with Gasteiger partial charge in [0.05, 0.1) is 0 Å². The molecule has 3 N–H and O–H groups in total. The molecule has 0 aromatic heterocycles. The maximum absolute atomic E-state index is 9.92. The van der Waals surface area contributed by atoms with E-state index in [0.717, 1.165) is 31.2 Å². The van der Waals surface area contributed by atoms with Crippen LogP contribution in [0.25, 0.3) is 0 Å². The van der Waals surface area contributed by atoms with Gasteiger partial charge in [0.15, 0.2) is 0 Å². The molecule has 0 saturated heterocycles. The average Bonchev–Trinajstić information content (AvgIpc) is 2.32. The van der Waals surface area contributed by atoms with Crippen molar-refractivity contribution in [1.82, 2.24) is 0 Å². The van der Waals surface area contributed by atoms with E-state index in [1.807, 2.05) is 0 Å². The lowest BCUT2D eigenvalue weighted by molar-refractivity contribution is 0.254. The summed E-state index contributed by atoms with van der Waals surface area (Å²) >= 11 is 0. The first-order valence-electron chi connectivity index (χ1n) is 7.00. The molecule has 0 fully saturated rings. The van der Waals surface area contributed by atoms with Crippen LogP contribution in [0.3, 0.4) is 0 Å². The third-order valence-corrected chi connectivity index (χ3v) is 3.83. The topological polar surface area (TPSA) is 60.7 Å². The molecule has 0 amide bonds. The van der Waals surface area contributed by atoms with E-state index in [-0.39, 0.29) is 23.5 Å². The number of hydrogen-bond donors (Lipinski definition) is 3. The standard InChI is InChI=1S/C16H26O3/c1-12(8-10-17)5-4-9-16(2,3)14-11-13(18)6-7-15(14)19/h6-7,11-12,17-19H,4-5,8-10H2,1-3H3. The zero-order valence-corrected chi connectivity index (χ0v) is 12.2. The molecule has 0 saturated carbocycles. The van der Waals surface area contributed by atoms with Gasteiger partial charge in [0.25, 0.3) is 0 Å². The molecule has 0 heterocycles. The van der Waals surface area contributed by atoms with Crippen LogP contribution in [0.2, 0.25) is 0 Å². The predicted molar refractivity (Wildman–Crippen MR) is 77.5 cm³/mol. The van der Waals surface area contributed by atoms with Crippen LogP contribution in [0, 0.1) is 5.92 Å². The van der Waals surface area contributed by atoms with Crippen LogP contribution >= 0.6 is 0 Å². The van der Waals surface area contributed by atoms with E-state index >= 15 is 0 Å². The zero-order valence-electron chi connectivity index (χ0n) is 12.2. The molecule has 0 aliphatic carbocycles. The summed E-state index contributed by atoms with van der Waals surface area (Å²) in [5.74, 6) is 0.958. The summed E-state index contributed by atoms with van der Waals surface area (Å²) < 4.78 is 0. The Morgan fingerprint density at radius 3 is 2.47 bits per heavy atom. The van der Waals surface area contributed by atoms with Crippen molar-refractivity contribution in [3.8, 4) is 11.5 Å². The summed E-state index contributed by atoms with van der Waals surface area (Å²) in [6, 6.07) is 4.69. The Morgan fingerprint density at radius 2 is 1.84 bits per heavy atom. The monoisotopic (exact) mass is 266 g/mol. The van der Waals surface area contributed by atoms with Gasteiger partial charge in [-0.3, -0.25) is 0 Å². The molecular weight excluding hydrogens is 240 g/mol. The summed E-state index contributed by atoms with van der Waals surface area (Å²) in [4.78, 5) is 0. The third kappa shape index (κ3) is 4.75. The number of benzene rings is 1. The van der Waals surface area contributed by atoms with Crippen LogP contribution in [0.5, 0.6) is 11.5 Å². The maximum Gasteiger partial charge on any atom is 0.119 e. The van der Waals surface area contributed by atoms with Crippen LogP contribution in [-0.4, -0.2) is 21.9 Å². The van der Waals surface area contributed by atoms with Gasteiger partial charge in [-0.25, -0.2) is 0 Å². The second-order valence-corrected chi connectivity index (χ2v) is 6.10. The van der Waals surface area contributed by atoms with E-state index in [1.54, 1.807) is 12.1 Å². The van der Waals surface area contributed by atoms with E-state index in [1.165, 1.54) is 6.07 Å². The highest BCUT2D eigenvalue weighted by molar-refractivity contribution is 5.42. The van der Waals surface area contributed by atoms with Gasteiger partial charge in [-0.1, -0.05) is 33.6 Å². The molecule has 0 bridgehead atoms. The van der Waals surface area contributed by atoms with Crippen molar-refractivity contribution in [1.29, 1.82) is 0 Å². The van der Waals surface area contributed by atoms with E-state index in [4.69, 9.17) is 5.11 Å². The van der Waals surface area contributed by atoms with E-state index in [9.17, 15) is 10.2 Å². The number of aliphatic hydroxyl groups excluding tert-OH is 1. The largest absolute Gasteiger partial charge is 0.508 e. The lowest BCUT2D eigenvalue weighted by Crippen LogP contribution is -2.17. The van der Waals surface area contributed by atoms with Crippen molar-refractivity contribution < 1.29 is 15.3 Å². The molecule has 3 heteroatoms. The summed E-state index contributed by atoms with van der Waals surface area (Å²) in [6.45, 7) is 6.56. The van der Waals surface area contributed by atoms with Crippen LogP contribution < -0.4 is 0 Å². The molecule has 19 heavy (non-hydrogen) atoms. The van der Waals surface area contributed by atoms with Crippen molar-refractivity contribution in [2.75, 3.05) is 6.61 Å². The molecule has 3 nitrogen and oxygen atoms in total. The quantitative estimate of drug-likeness (QED) is 0.661. The molecule has 108 valence electrons. The molecule has 0 spiro atoms. The van der Waals surface area contributed by atoms with Gasteiger partial charge in [-0.2, -0.15) is 0 Å². The molecule has 1 aromatic carbocycles. The lowest BCUT2D eigenvalue weighted by atomic mass is 9.79. The highest BCUT2D eigenvalue weighted by Crippen LogP contribution is 2.37. The van der Waals surface area contributed by atoms with E-state index in [0.29, 0.717) is 5.92 Å². The number of hydrogen-bond acceptors (Lipinski definition) is 3. The second-order valence-electron chi connectivity index (χ2n) is 6.10. The molecule has 0 radical (unpaired) electrons. The molecular formula is C16H26O3. The molecule has 0 aliphatic heterocycles. The average molecular weight is 266 g/mol. The normalized spacial score (nSPS) is 13.5. The van der Waals surface area contributed by atoms with Crippen LogP contribution in [0.4, 0.5) is 0 Å². The smallest absolute Gasteiger partial charge is 0.119 e. The Balaban J connectivity index is 2.62. The fraction of sp³-hybridized carbons (Fsp3) is 0.625. The molecule has 1 aromatic rings. The maximum atomic E-state index is 9.92. The lowest BCUT2D eigenvalue weighted by Gasteiger charge is -2.27. The highest BCUT2D eigenvalue weighted by atomic mass is 16.3. The van der Waals surface area contributed by atoms with Gasteiger partial charge in [0.2, 0.25) is 0 Å². The van der Waals surface area contributed by atoms with Gasteiger partial charge in [-0.05, 0) is 42.4 Å². The van der Waals surface area contributed by atoms with E-state index in [2.05, 4.69) is 20.8 Å². The number of aromatic hydroxyl groups is 2. The Bertz CT molecular complexity index is 399. The van der Waals surface area contributed by atoms with Gasteiger partial charge in [0.1, 0.15) is 11.5 Å². The summed E-state index contributed by atoms with van der Waals surface area (Å²) in [5, 5.41) is 28.3. The van der Waals surface area contributed by atoms with Crippen molar-refractivity contribution >= 4 is 0 Å². The summed E-state index contributed by atoms with van der Waals surface area (Å²) in [7, 11) is 0. The van der Waals surface area contributed by atoms with Crippen molar-refractivity contribution in [2.45, 2.75) is 51.9 Å². The fourth-order valence-corrected chi connectivity index (χ4v) is 2.46. The van der Waals surface area contributed by atoms with Crippen LogP contribution in [-0.2, 0) is 5.41 Å². The second kappa shape index (κ2) is 6.80. The fourth-order valence-electron chi connectivity index (χ4n) is 2.46. The number of rotatable bonds is 7. The Hall–Kier alpha value is -1.22. The molecule has 1 rings (SSSR count). The van der Waals surface area contributed by atoms with E-state index < -0.39 is 0 Å². The first-order valence-corrected chi connectivity index (χ1v) is 7.00. The van der Waals surface area contributed by atoms with Crippen LogP contribution in [0.15, 0.2) is 18.2 Å². The number of phenols is 2. The minimum absolute atomic E-state index is 0.165. The van der Waals surface area contributed by atoms with Gasteiger partial charge < -0.3 is 15.3 Å². The first-order chi connectivity index (χ1) is 8.86. The van der Waals surface area contributed by atoms with Gasteiger partial charge in [-0.15, -0.1) is 0 Å². The highest BCUT2D eigenvalue weighted by Gasteiger charge is 2.24. The van der Waals surface area contributed by atoms with Gasteiger partial charge >= 0.3 is 0 Å². The Kier molecular flexibility index (Phi) is 5.67. The Labute approximate surface area is 115 Å². The van der Waals surface area contributed by atoms with Crippen molar-refractivity contribution in [3.05, 3.63) is 23.8 Å².